The first-order valence-electron chi connectivity index (χ1n) is 9.54. The maximum absolute atomic E-state index is 14.3. The molecular weight excluding hydrogens is 466 g/mol. The molecule has 1 aromatic heterocycles. The minimum absolute atomic E-state index is 0.107. The summed E-state index contributed by atoms with van der Waals surface area (Å²) in [6, 6.07) is 7.03. The van der Waals surface area contributed by atoms with Crippen molar-refractivity contribution in [3.05, 3.63) is 59.0 Å². The number of rotatable bonds is 7. The van der Waals surface area contributed by atoms with Gasteiger partial charge in [-0.2, -0.15) is 26.3 Å². The Kier molecular flexibility index (Phi) is 7.11. The lowest BCUT2D eigenvalue weighted by atomic mass is 10.0. The molecule has 12 heteroatoms. The molecule has 32 heavy (non-hydrogen) atoms. The second kappa shape index (κ2) is 9.32. The summed E-state index contributed by atoms with van der Waals surface area (Å²) >= 11 is 5.70. The van der Waals surface area contributed by atoms with E-state index in [0.717, 1.165) is 18.4 Å². The normalized spacial score (nSPS) is 17.7. The van der Waals surface area contributed by atoms with Gasteiger partial charge in [-0.1, -0.05) is 11.6 Å². The van der Waals surface area contributed by atoms with Gasteiger partial charge in [-0.05, 0) is 49.2 Å². The molecule has 0 aliphatic carbocycles. The number of carbonyl (C=O) groups is 1. The average Bonchev–Trinajstić information content (AvgIpc) is 3.38. The zero-order chi connectivity index (χ0) is 23.6. The van der Waals surface area contributed by atoms with E-state index in [9.17, 15) is 31.1 Å². The van der Waals surface area contributed by atoms with Crippen molar-refractivity contribution in [2.45, 2.75) is 43.5 Å². The van der Waals surface area contributed by atoms with Crippen molar-refractivity contribution in [2.24, 2.45) is 0 Å². The standard InChI is InChI=1S/C20H19ClF6N2O3/c21-14-7-5-13(6-8-14)17(30)28-18(19(22,23)24,20(25,26)27)29(11-15-3-1-9-31-15)12-16-4-2-10-32-16/h1,3,5-9,16H,2,4,10-12H2,(H,28,30). The highest BCUT2D eigenvalue weighted by atomic mass is 35.5. The number of furan rings is 1. The van der Waals surface area contributed by atoms with Gasteiger partial charge >= 0.3 is 12.4 Å². The predicted molar refractivity (Wildman–Crippen MR) is 102 cm³/mol. The van der Waals surface area contributed by atoms with Crippen LogP contribution in [0.3, 0.4) is 0 Å². The molecule has 1 aliphatic heterocycles. The van der Waals surface area contributed by atoms with E-state index in [1.807, 2.05) is 0 Å². The molecule has 1 aromatic carbocycles. The van der Waals surface area contributed by atoms with Crippen LogP contribution in [-0.2, 0) is 11.3 Å². The fourth-order valence-corrected chi connectivity index (χ4v) is 3.65. The topological polar surface area (TPSA) is 54.7 Å². The third-order valence-corrected chi connectivity index (χ3v) is 5.32. The number of hydrogen-bond donors (Lipinski definition) is 1. The van der Waals surface area contributed by atoms with Crippen molar-refractivity contribution in [3.8, 4) is 0 Å². The summed E-state index contributed by atoms with van der Waals surface area (Å²) in [7, 11) is 0. The van der Waals surface area contributed by atoms with E-state index >= 15 is 0 Å². The number of nitrogens with one attached hydrogen (secondary N) is 1. The number of benzene rings is 1. The Labute approximate surface area is 184 Å². The van der Waals surface area contributed by atoms with Gasteiger partial charge in [0.15, 0.2) is 0 Å². The first-order valence-corrected chi connectivity index (χ1v) is 9.92. The Morgan fingerprint density at radius 3 is 2.25 bits per heavy atom. The molecule has 0 saturated carbocycles. The molecule has 2 aromatic rings. The van der Waals surface area contributed by atoms with Crippen molar-refractivity contribution < 1.29 is 40.3 Å². The number of amides is 1. The van der Waals surface area contributed by atoms with Crippen molar-refractivity contribution in [1.29, 1.82) is 0 Å². The van der Waals surface area contributed by atoms with Gasteiger partial charge in [-0.25, -0.2) is 0 Å². The van der Waals surface area contributed by atoms with Crippen molar-refractivity contribution in [3.63, 3.8) is 0 Å². The lowest BCUT2D eigenvalue weighted by Crippen LogP contribution is -2.76. The van der Waals surface area contributed by atoms with Gasteiger partial charge in [0.2, 0.25) is 0 Å². The van der Waals surface area contributed by atoms with Crippen LogP contribution in [0.2, 0.25) is 5.02 Å². The first-order chi connectivity index (χ1) is 14.9. The van der Waals surface area contributed by atoms with Gasteiger partial charge in [0.1, 0.15) is 5.76 Å². The second-order valence-electron chi connectivity index (χ2n) is 7.26. The third-order valence-electron chi connectivity index (χ3n) is 5.07. The summed E-state index contributed by atoms with van der Waals surface area (Å²) in [6.45, 7) is -1.38. The van der Waals surface area contributed by atoms with Gasteiger partial charge in [0.25, 0.3) is 11.6 Å². The fourth-order valence-electron chi connectivity index (χ4n) is 3.52. The number of ether oxygens (including phenoxy) is 1. The van der Waals surface area contributed by atoms with Crippen LogP contribution in [0, 0.1) is 0 Å². The molecule has 5 nitrogen and oxygen atoms in total. The number of hydrogen-bond acceptors (Lipinski definition) is 4. The van der Waals surface area contributed by atoms with Crippen LogP contribution in [0.1, 0.15) is 29.0 Å². The van der Waals surface area contributed by atoms with E-state index in [1.54, 1.807) is 0 Å². The number of halogens is 7. The molecule has 1 N–H and O–H groups in total. The van der Waals surface area contributed by atoms with E-state index in [4.69, 9.17) is 20.8 Å². The zero-order valence-corrected chi connectivity index (χ0v) is 17.2. The van der Waals surface area contributed by atoms with Crippen molar-refractivity contribution in [1.82, 2.24) is 10.2 Å². The number of carbonyl (C=O) groups excluding carboxylic acids is 1. The lowest BCUT2D eigenvalue weighted by molar-refractivity contribution is -0.352. The quantitative estimate of drug-likeness (QED) is 0.435. The van der Waals surface area contributed by atoms with Gasteiger partial charge < -0.3 is 14.5 Å². The smallest absolute Gasteiger partial charge is 0.434 e. The molecule has 1 saturated heterocycles. The summed E-state index contributed by atoms with van der Waals surface area (Å²) in [5.41, 5.74) is -5.11. The molecule has 1 aliphatic rings. The van der Waals surface area contributed by atoms with Gasteiger partial charge in [0, 0.05) is 23.7 Å². The highest BCUT2D eigenvalue weighted by molar-refractivity contribution is 6.30. The van der Waals surface area contributed by atoms with E-state index in [2.05, 4.69) is 0 Å². The largest absolute Gasteiger partial charge is 0.468 e. The molecule has 1 unspecified atom stereocenters. The fraction of sp³-hybridized carbons (Fsp3) is 0.450. The van der Waals surface area contributed by atoms with Gasteiger partial charge in [-0.15, -0.1) is 0 Å². The zero-order valence-electron chi connectivity index (χ0n) is 16.5. The van der Waals surface area contributed by atoms with Crippen molar-refractivity contribution >= 4 is 17.5 Å². The average molecular weight is 485 g/mol. The Morgan fingerprint density at radius 2 is 1.75 bits per heavy atom. The Hall–Kier alpha value is -2.24. The van der Waals surface area contributed by atoms with Crippen LogP contribution in [0.5, 0.6) is 0 Å². The SMILES string of the molecule is O=C(NC(N(Cc1ccco1)CC1CCCO1)(C(F)(F)F)C(F)(F)F)c1ccc(Cl)cc1. The Balaban J connectivity index is 2.07. The van der Waals surface area contributed by atoms with Crippen LogP contribution in [0.4, 0.5) is 26.3 Å². The molecule has 1 amide bonds. The molecule has 0 spiro atoms. The maximum atomic E-state index is 14.3. The monoisotopic (exact) mass is 484 g/mol. The molecule has 0 bridgehead atoms. The summed E-state index contributed by atoms with van der Waals surface area (Å²) in [5, 5.41) is 1.39. The molecular formula is C20H19ClF6N2O3. The molecule has 1 atom stereocenters. The minimum atomic E-state index is -5.93. The van der Waals surface area contributed by atoms with Crippen LogP contribution in [0.15, 0.2) is 47.1 Å². The summed E-state index contributed by atoms with van der Waals surface area (Å²) in [6.07, 6.45) is -10.8. The van der Waals surface area contributed by atoms with E-state index in [-0.39, 0.29) is 28.7 Å². The number of nitrogens with zero attached hydrogens (tertiary/aromatic N) is 1. The summed E-state index contributed by atoms with van der Waals surface area (Å²) in [5.74, 6) is -1.70. The summed E-state index contributed by atoms with van der Waals surface area (Å²) in [4.78, 5) is 12.7. The number of alkyl halides is 6. The van der Waals surface area contributed by atoms with Crippen LogP contribution in [-0.4, -0.2) is 48.1 Å². The second-order valence-corrected chi connectivity index (χ2v) is 7.70. The van der Waals surface area contributed by atoms with Gasteiger partial charge in [-0.3, -0.25) is 9.69 Å². The van der Waals surface area contributed by atoms with Gasteiger partial charge in [0.05, 0.1) is 18.9 Å². The maximum Gasteiger partial charge on any atom is 0.434 e. The third kappa shape index (κ3) is 5.05. The van der Waals surface area contributed by atoms with Crippen LogP contribution in [0.25, 0.3) is 0 Å². The van der Waals surface area contributed by atoms with E-state index < -0.39 is 48.7 Å². The summed E-state index contributed by atoms with van der Waals surface area (Å²) < 4.78 is 96.1. The van der Waals surface area contributed by atoms with Crippen LogP contribution >= 0.6 is 11.6 Å². The van der Waals surface area contributed by atoms with Crippen LogP contribution < -0.4 is 5.32 Å². The molecule has 0 radical (unpaired) electrons. The van der Waals surface area contributed by atoms with Crippen molar-refractivity contribution in [2.75, 3.05) is 13.2 Å². The predicted octanol–water partition coefficient (Wildman–Crippen LogP) is 5.16. The molecule has 176 valence electrons. The first kappa shape index (κ1) is 24.4. The lowest BCUT2D eigenvalue weighted by Gasteiger charge is -2.46. The van der Waals surface area contributed by atoms with E-state index in [0.29, 0.717) is 6.42 Å². The minimum Gasteiger partial charge on any atom is -0.468 e. The highest BCUT2D eigenvalue weighted by Gasteiger charge is 2.75. The Morgan fingerprint density at radius 1 is 1.09 bits per heavy atom. The molecule has 1 fully saturated rings. The molecule has 3 rings (SSSR count). The highest BCUT2D eigenvalue weighted by Crippen LogP contribution is 2.46. The molecule has 2 heterocycles. The Bertz CT molecular complexity index is 880. The van der Waals surface area contributed by atoms with E-state index in [1.165, 1.54) is 29.6 Å².